The van der Waals surface area contributed by atoms with Gasteiger partial charge in [-0.05, 0) is 33.6 Å². The van der Waals surface area contributed by atoms with Gasteiger partial charge in [-0.15, -0.1) is 35.3 Å². The molecule has 28 heavy (non-hydrogen) atoms. The zero-order valence-electron chi connectivity index (χ0n) is 17.6. The number of halogens is 1. The van der Waals surface area contributed by atoms with Gasteiger partial charge in [0.25, 0.3) is 0 Å². The SMILES string of the molecule is CCNC(=NCc1nc(C)c(C)s1)NCC1(N2CCOCC2)CCCCC1.I. The maximum Gasteiger partial charge on any atom is 0.191 e. The predicted molar refractivity (Wildman–Crippen MR) is 128 cm³/mol. The van der Waals surface area contributed by atoms with Gasteiger partial charge in [-0.2, -0.15) is 0 Å². The molecule has 0 atom stereocenters. The standard InChI is InChI=1S/C20H35N5OS.HI/c1-4-21-19(22-14-18-24-16(2)17(3)27-18)23-15-20(8-6-5-7-9-20)25-10-12-26-13-11-25;/h4-15H2,1-3H3,(H2,21,22,23);1H. The van der Waals surface area contributed by atoms with Gasteiger partial charge >= 0.3 is 0 Å². The smallest absolute Gasteiger partial charge is 0.191 e. The van der Waals surface area contributed by atoms with Crippen molar-refractivity contribution in [2.75, 3.05) is 39.4 Å². The first-order chi connectivity index (χ1) is 13.1. The number of nitrogens with one attached hydrogen (secondary N) is 2. The number of nitrogens with zero attached hydrogens (tertiary/aromatic N) is 3. The fourth-order valence-electron chi connectivity index (χ4n) is 4.20. The van der Waals surface area contributed by atoms with Crippen LogP contribution in [0.2, 0.25) is 0 Å². The van der Waals surface area contributed by atoms with E-state index >= 15 is 0 Å². The topological polar surface area (TPSA) is 61.8 Å². The summed E-state index contributed by atoms with van der Waals surface area (Å²) in [4.78, 5) is 13.4. The lowest BCUT2D eigenvalue weighted by molar-refractivity contribution is -0.0352. The Morgan fingerprint density at radius 3 is 2.50 bits per heavy atom. The number of morpholine rings is 1. The van der Waals surface area contributed by atoms with Crippen LogP contribution < -0.4 is 10.6 Å². The molecule has 1 aliphatic heterocycles. The molecule has 0 aromatic carbocycles. The van der Waals surface area contributed by atoms with Gasteiger partial charge < -0.3 is 15.4 Å². The van der Waals surface area contributed by atoms with Crippen LogP contribution in [0.1, 0.15) is 54.6 Å². The molecular weight excluding hydrogens is 485 g/mol. The van der Waals surface area contributed by atoms with E-state index in [9.17, 15) is 0 Å². The summed E-state index contributed by atoms with van der Waals surface area (Å²) in [6.45, 7) is 12.6. The Bertz CT molecular complexity index is 605. The van der Waals surface area contributed by atoms with Crippen molar-refractivity contribution in [3.8, 4) is 0 Å². The highest BCUT2D eigenvalue weighted by Gasteiger charge is 2.38. The molecule has 2 heterocycles. The fraction of sp³-hybridized carbons (Fsp3) is 0.800. The molecule has 1 aliphatic carbocycles. The van der Waals surface area contributed by atoms with Crippen molar-refractivity contribution in [3.63, 3.8) is 0 Å². The molecule has 1 aromatic rings. The van der Waals surface area contributed by atoms with Crippen molar-refractivity contribution in [2.24, 2.45) is 4.99 Å². The average molecular weight is 522 g/mol. The Balaban J connectivity index is 0.00000280. The lowest BCUT2D eigenvalue weighted by Gasteiger charge is -2.48. The zero-order valence-corrected chi connectivity index (χ0v) is 20.7. The highest BCUT2D eigenvalue weighted by molar-refractivity contribution is 14.0. The number of guanidine groups is 1. The molecule has 0 amide bonds. The summed E-state index contributed by atoms with van der Waals surface area (Å²) < 4.78 is 5.59. The molecular formula is C20H36IN5OS. The maximum atomic E-state index is 5.59. The first-order valence-corrected chi connectivity index (χ1v) is 11.2. The van der Waals surface area contributed by atoms with Crippen LogP contribution in [0, 0.1) is 13.8 Å². The van der Waals surface area contributed by atoms with Crippen LogP contribution in [0.5, 0.6) is 0 Å². The normalized spacial score (nSPS) is 20.5. The molecule has 2 N–H and O–H groups in total. The summed E-state index contributed by atoms with van der Waals surface area (Å²) in [6, 6.07) is 0. The zero-order chi connectivity index (χ0) is 19.1. The lowest BCUT2D eigenvalue weighted by Crippen LogP contribution is -2.60. The van der Waals surface area contributed by atoms with E-state index in [1.165, 1.54) is 37.0 Å². The molecule has 0 radical (unpaired) electrons. The maximum absolute atomic E-state index is 5.59. The molecule has 0 bridgehead atoms. The number of ether oxygens (including phenoxy) is 1. The van der Waals surface area contributed by atoms with E-state index in [0.717, 1.165) is 56.1 Å². The molecule has 3 rings (SSSR count). The third-order valence-electron chi connectivity index (χ3n) is 5.84. The Kier molecular flexibility index (Phi) is 9.92. The number of thiazole rings is 1. The average Bonchev–Trinajstić information content (AvgIpc) is 3.03. The summed E-state index contributed by atoms with van der Waals surface area (Å²) in [5.41, 5.74) is 1.36. The summed E-state index contributed by atoms with van der Waals surface area (Å²) in [7, 11) is 0. The monoisotopic (exact) mass is 521 g/mol. The molecule has 2 aliphatic rings. The van der Waals surface area contributed by atoms with Crippen LogP contribution in [0.4, 0.5) is 0 Å². The molecule has 1 saturated heterocycles. The highest BCUT2D eigenvalue weighted by atomic mass is 127. The Labute approximate surface area is 190 Å². The molecule has 2 fully saturated rings. The molecule has 0 spiro atoms. The summed E-state index contributed by atoms with van der Waals surface area (Å²) >= 11 is 1.75. The minimum absolute atomic E-state index is 0. The Hall–Kier alpha value is -0.450. The van der Waals surface area contributed by atoms with E-state index in [4.69, 9.17) is 9.73 Å². The van der Waals surface area contributed by atoms with Gasteiger partial charge in [0.15, 0.2) is 5.96 Å². The second-order valence-corrected chi connectivity index (χ2v) is 8.97. The van der Waals surface area contributed by atoms with Gasteiger partial charge in [-0.1, -0.05) is 19.3 Å². The predicted octanol–water partition coefficient (Wildman–Crippen LogP) is 3.47. The quantitative estimate of drug-likeness (QED) is 0.341. The van der Waals surface area contributed by atoms with E-state index in [1.807, 2.05) is 0 Å². The third kappa shape index (κ3) is 6.27. The minimum Gasteiger partial charge on any atom is -0.379 e. The number of aryl methyl sites for hydroxylation is 2. The second-order valence-electron chi connectivity index (χ2n) is 7.68. The summed E-state index contributed by atoms with van der Waals surface area (Å²) in [6.07, 6.45) is 6.55. The molecule has 8 heteroatoms. The van der Waals surface area contributed by atoms with Crippen molar-refractivity contribution in [1.82, 2.24) is 20.5 Å². The number of aromatic nitrogens is 1. The van der Waals surface area contributed by atoms with Crippen LogP contribution in [0.3, 0.4) is 0 Å². The first-order valence-electron chi connectivity index (χ1n) is 10.4. The molecule has 1 saturated carbocycles. The van der Waals surface area contributed by atoms with E-state index in [1.54, 1.807) is 11.3 Å². The highest BCUT2D eigenvalue weighted by Crippen LogP contribution is 2.33. The van der Waals surface area contributed by atoms with Crippen LogP contribution in [-0.2, 0) is 11.3 Å². The van der Waals surface area contributed by atoms with Gasteiger partial charge in [0, 0.05) is 36.6 Å². The van der Waals surface area contributed by atoms with Crippen LogP contribution >= 0.6 is 35.3 Å². The Morgan fingerprint density at radius 1 is 1.18 bits per heavy atom. The molecule has 1 aromatic heterocycles. The number of hydrogen-bond donors (Lipinski definition) is 2. The number of rotatable bonds is 6. The lowest BCUT2D eigenvalue weighted by atomic mass is 9.80. The second kappa shape index (κ2) is 11.7. The van der Waals surface area contributed by atoms with Crippen molar-refractivity contribution < 1.29 is 4.74 Å². The van der Waals surface area contributed by atoms with Crippen LogP contribution in [0.15, 0.2) is 4.99 Å². The van der Waals surface area contributed by atoms with E-state index in [2.05, 4.69) is 41.3 Å². The molecule has 6 nitrogen and oxygen atoms in total. The van der Waals surface area contributed by atoms with Crippen molar-refractivity contribution in [3.05, 3.63) is 15.6 Å². The van der Waals surface area contributed by atoms with Crippen LogP contribution in [0.25, 0.3) is 0 Å². The fourth-order valence-corrected chi connectivity index (χ4v) is 5.05. The van der Waals surface area contributed by atoms with Crippen molar-refractivity contribution in [2.45, 2.75) is 65.0 Å². The van der Waals surface area contributed by atoms with Crippen molar-refractivity contribution >= 4 is 41.3 Å². The largest absolute Gasteiger partial charge is 0.379 e. The summed E-state index contributed by atoms with van der Waals surface area (Å²) in [5.74, 6) is 0.904. The van der Waals surface area contributed by atoms with E-state index in [-0.39, 0.29) is 29.5 Å². The Morgan fingerprint density at radius 2 is 1.89 bits per heavy atom. The van der Waals surface area contributed by atoms with E-state index < -0.39 is 0 Å². The van der Waals surface area contributed by atoms with Gasteiger partial charge in [-0.3, -0.25) is 4.90 Å². The van der Waals surface area contributed by atoms with Gasteiger partial charge in [0.2, 0.25) is 0 Å². The summed E-state index contributed by atoms with van der Waals surface area (Å²) in [5, 5.41) is 8.15. The van der Waals surface area contributed by atoms with Gasteiger partial charge in [0.05, 0.1) is 25.5 Å². The van der Waals surface area contributed by atoms with Crippen LogP contribution in [-0.4, -0.2) is 60.8 Å². The third-order valence-corrected chi connectivity index (χ3v) is 6.90. The first kappa shape index (κ1) is 23.8. The molecule has 0 unspecified atom stereocenters. The minimum atomic E-state index is 0. The van der Waals surface area contributed by atoms with Gasteiger partial charge in [0.1, 0.15) is 5.01 Å². The molecule has 160 valence electrons. The number of hydrogen-bond acceptors (Lipinski definition) is 5. The van der Waals surface area contributed by atoms with Crippen molar-refractivity contribution in [1.29, 1.82) is 0 Å². The van der Waals surface area contributed by atoms with E-state index in [0.29, 0.717) is 6.54 Å². The van der Waals surface area contributed by atoms with Gasteiger partial charge in [-0.25, -0.2) is 9.98 Å². The number of aliphatic imine (C=N–C) groups is 1.